The van der Waals surface area contributed by atoms with Crippen molar-refractivity contribution < 1.29 is 0 Å². The largest absolute Gasteiger partial charge is 0.309 e. The minimum absolute atomic E-state index is 0.604. The van der Waals surface area contributed by atoms with Crippen LogP contribution in [0.3, 0.4) is 0 Å². The van der Waals surface area contributed by atoms with Crippen LogP contribution in [0.25, 0.3) is 0 Å². The zero-order chi connectivity index (χ0) is 12.6. The molecule has 1 aliphatic carbocycles. The van der Waals surface area contributed by atoms with E-state index in [2.05, 4.69) is 29.8 Å². The maximum absolute atomic E-state index is 3.72. The molecule has 1 atom stereocenters. The zero-order valence-electron chi connectivity index (χ0n) is 11.7. The molecule has 0 amide bonds. The van der Waals surface area contributed by atoms with Crippen LogP contribution in [0.1, 0.15) is 69.2 Å². The second kappa shape index (κ2) is 7.96. The minimum atomic E-state index is 0.604. The van der Waals surface area contributed by atoms with E-state index in [4.69, 9.17) is 0 Å². The first-order valence-corrected chi connectivity index (χ1v) is 8.55. The van der Waals surface area contributed by atoms with Crippen LogP contribution in [0.2, 0.25) is 0 Å². The van der Waals surface area contributed by atoms with Gasteiger partial charge in [-0.15, -0.1) is 11.3 Å². The van der Waals surface area contributed by atoms with E-state index in [1.54, 1.807) is 0 Å². The van der Waals surface area contributed by atoms with E-state index in [0.717, 1.165) is 12.5 Å². The predicted molar refractivity (Wildman–Crippen MR) is 81.2 cm³/mol. The van der Waals surface area contributed by atoms with Gasteiger partial charge in [0.15, 0.2) is 0 Å². The molecule has 0 saturated heterocycles. The van der Waals surface area contributed by atoms with E-state index < -0.39 is 0 Å². The van der Waals surface area contributed by atoms with Crippen molar-refractivity contribution in [2.75, 3.05) is 6.54 Å². The van der Waals surface area contributed by atoms with Crippen LogP contribution in [0.5, 0.6) is 0 Å². The molecule has 18 heavy (non-hydrogen) atoms. The summed E-state index contributed by atoms with van der Waals surface area (Å²) in [6, 6.07) is 5.08. The van der Waals surface area contributed by atoms with Crippen LogP contribution in [0.15, 0.2) is 17.5 Å². The molecule has 0 bridgehead atoms. The van der Waals surface area contributed by atoms with E-state index >= 15 is 0 Å². The standard InChI is InChI=1S/C16H27NS/c1-2-12-17-15(16-9-6-13-18-16)11-10-14-7-4-3-5-8-14/h6,9,13-15,17H,2-5,7-8,10-12H2,1H3. The molecule has 0 aromatic carbocycles. The van der Waals surface area contributed by atoms with E-state index in [1.165, 1.54) is 56.2 Å². The molecule has 0 spiro atoms. The van der Waals surface area contributed by atoms with Gasteiger partial charge in [-0.1, -0.05) is 45.1 Å². The van der Waals surface area contributed by atoms with Gasteiger partial charge in [0.1, 0.15) is 0 Å². The fourth-order valence-corrected chi connectivity index (χ4v) is 3.87. The Bertz CT molecular complexity index is 301. The lowest BCUT2D eigenvalue weighted by Crippen LogP contribution is -2.22. The Hall–Kier alpha value is -0.340. The summed E-state index contributed by atoms with van der Waals surface area (Å²) in [6.07, 6.45) is 11.3. The lowest BCUT2D eigenvalue weighted by molar-refractivity contribution is 0.315. The first-order chi connectivity index (χ1) is 8.90. The number of hydrogen-bond acceptors (Lipinski definition) is 2. The lowest BCUT2D eigenvalue weighted by Gasteiger charge is -2.24. The summed E-state index contributed by atoms with van der Waals surface area (Å²) in [5, 5.41) is 5.93. The number of hydrogen-bond donors (Lipinski definition) is 1. The zero-order valence-corrected chi connectivity index (χ0v) is 12.5. The van der Waals surface area contributed by atoms with Crippen LogP contribution in [0, 0.1) is 5.92 Å². The third-order valence-corrected chi connectivity index (χ3v) is 5.10. The molecule has 1 saturated carbocycles. The molecular formula is C16H27NS. The molecule has 1 unspecified atom stereocenters. The van der Waals surface area contributed by atoms with Crippen molar-refractivity contribution in [3.63, 3.8) is 0 Å². The second-order valence-electron chi connectivity index (χ2n) is 5.60. The monoisotopic (exact) mass is 265 g/mol. The van der Waals surface area contributed by atoms with Crippen LogP contribution < -0.4 is 5.32 Å². The Morgan fingerprint density at radius 2 is 2.17 bits per heavy atom. The number of thiophene rings is 1. The highest BCUT2D eigenvalue weighted by Crippen LogP contribution is 2.31. The molecule has 1 nitrogen and oxygen atoms in total. The van der Waals surface area contributed by atoms with E-state index in [1.807, 2.05) is 11.3 Å². The fraction of sp³-hybridized carbons (Fsp3) is 0.750. The van der Waals surface area contributed by atoms with Crippen molar-refractivity contribution in [3.05, 3.63) is 22.4 Å². The van der Waals surface area contributed by atoms with Gasteiger partial charge < -0.3 is 5.32 Å². The third kappa shape index (κ3) is 4.40. The molecule has 1 aromatic heterocycles. The molecule has 2 rings (SSSR count). The van der Waals surface area contributed by atoms with Crippen LogP contribution in [-0.4, -0.2) is 6.54 Å². The van der Waals surface area contributed by atoms with Gasteiger partial charge in [-0.05, 0) is 43.2 Å². The summed E-state index contributed by atoms with van der Waals surface area (Å²) >= 11 is 1.91. The molecule has 1 fully saturated rings. The normalized spacial score (nSPS) is 18.9. The lowest BCUT2D eigenvalue weighted by atomic mass is 9.85. The van der Waals surface area contributed by atoms with Gasteiger partial charge in [0.2, 0.25) is 0 Å². The van der Waals surface area contributed by atoms with Crippen molar-refractivity contribution >= 4 is 11.3 Å². The first-order valence-electron chi connectivity index (χ1n) is 7.67. The summed E-state index contributed by atoms with van der Waals surface area (Å²) in [7, 11) is 0. The average Bonchev–Trinajstić information content (AvgIpc) is 2.94. The van der Waals surface area contributed by atoms with E-state index in [9.17, 15) is 0 Å². The van der Waals surface area contributed by atoms with Crippen molar-refractivity contribution in [1.29, 1.82) is 0 Å². The molecular weight excluding hydrogens is 238 g/mol. The Morgan fingerprint density at radius 3 is 2.83 bits per heavy atom. The number of rotatable bonds is 7. The van der Waals surface area contributed by atoms with Crippen molar-refractivity contribution in [3.8, 4) is 0 Å². The quantitative estimate of drug-likeness (QED) is 0.719. The molecule has 1 N–H and O–H groups in total. The SMILES string of the molecule is CCCNC(CCC1CCCCC1)c1cccs1. The van der Waals surface area contributed by atoms with Crippen molar-refractivity contribution in [2.45, 2.75) is 64.3 Å². The van der Waals surface area contributed by atoms with Crippen molar-refractivity contribution in [1.82, 2.24) is 5.32 Å². The van der Waals surface area contributed by atoms with Gasteiger partial charge in [0.05, 0.1) is 0 Å². The highest BCUT2D eigenvalue weighted by molar-refractivity contribution is 7.10. The maximum atomic E-state index is 3.72. The van der Waals surface area contributed by atoms with Gasteiger partial charge in [0, 0.05) is 10.9 Å². The first kappa shape index (κ1) is 14.1. The number of nitrogens with one attached hydrogen (secondary N) is 1. The second-order valence-corrected chi connectivity index (χ2v) is 6.58. The highest BCUT2D eigenvalue weighted by Gasteiger charge is 2.17. The summed E-state index contributed by atoms with van der Waals surface area (Å²) in [5.41, 5.74) is 0. The summed E-state index contributed by atoms with van der Waals surface area (Å²) < 4.78 is 0. The molecule has 0 aliphatic heterocycles. The van der Waals surface area contributed by atoms with Crippen LogP contribution in [0.4, 0.5) is 0 Å². The molecule has 1 aliphatic rings. The van der Waals surface area contributed by atoms with Crippen LogP contribution >= 0.6 is 11.3 Å². The summed E-state index contributed by atoms with van der Waals surface area (Å²) in [6.45, 7) is 3.40. The van der Waals surface area contributed by atoms with Crippen molar-refractivity contribution in [2.24, 2.45) is 5.92 Å². The maximum Gasteiger partial charge on any atom is 0.0414 e. The Morgan fingerprint density at radius 1 is 1.33 bits per heavy atom. The molecule has 2 heteroatoms. The molecule has 0 radical (unpaired) electrons. The molecule has 102 valence electrons. The summed E-state index contributed by atoms with van der Waals surface area (Å²) in [4.78, 5) is 1.53. The Labute approximate surface area is 116 Å². The average molecular weight is 265 g/mol. The van der Waals surface area contributed by atoms with E-state index in [-0.39, 0.29) is 0 Å². The minimum Gasteiger partial charge on any atom is -0.309 e. The van der Waals surface area contributed by atoms with E-state index in [0.29, 0.717) is 6.04 Å². The predicted octanol–water partition coefficient (Wildman–Crippen LogP) is 5.15. The third-order valence-electron chi connectivity index (χ3n) is 4.12. The summed E-state index contributed by atoms with van der Waals surface area (Å²) in [5.74, 6) is 1.00. The smallest absolute Gasteiger partial charge is 0.0414 e. The van der Waals surface area contributed by atoms with Gasteiger partial charge in [0.25, 0.3) is 0 Å². The van der Waals surface area contributed by atoms with Crippen LogP contribution in [-0.2, 0) is 0 Å². The highest BCUT2D eigenvalue weighted by atomic mass is 32.1. The van der Waals surface area contributed by atoms with Gasteiger partial charge in [-0.3, -0.25) is 0 Å². The van der Waals surface area contributed by atoms with Gasteiger partial charge in [-0.25, -0.2) is 0 Å². The van der Waals surface area contributed by atoms with Gasteiger partial charge >= 0.3 is 0 Å². The topological polar surface area (TPSA) is 12.0 Å². The molecule has 1 heterocycles. The Balaban J connectivity index is 1.80. The Kier molecular flexibility index (Phi) is 6.22. The van der Waals surface area contributed by atoms with Gasteiger partial charge in [-0.2, -0.15) is 0 Å². The fourth-order valence-electron chi connectivity index (χ4n) is 3.03. The molecule has 1 aromatic rings.